The monoisotopic (exact) mass is 391 g/mol. The van der Waals surface area contributed by atoms with Crippen molar-refractivity contribution >= 4 is 29.1 Å². The molecule has 1 unspecified atom stereocenters. The topological polar surface area (TPSA) is 20.3 Å². The highest BCUT2D eigenvalue weighted by Gasteiger charge is 2.26. The molecule has 1 atom stereocenters. The van der Waals surface area contributed by atoms with E-state index in [1.807, 2.05) is 53.4 Å². The van der Waals surface area contributed by atoms with Crippen LogP contribution in [-0.4, -0.2) is 17.4 Å². The summed E-state index contributed by atoms with van der Waals surface area (Å²) < 4.78 is 0. The highest BCUT2D eigenvalue weighted by atomic mass is 35.5. The molecule has 0 aromatic heterocycles. The predicted octanol–water partition coefficient (Wildman–Crippen LogP) is 6.56. The first kappa shape index (κ1) is 20.8. The van der Waals surface area contributed by atoms with Crippen molar-refractivity contribution in [3.8, 4) is 0 Å². The summed E-state index contributed by atoms with van der Waals surface area (Å²) in [6.45, 7) is 7.68. The lowest BCUT2D eigenvalue weighted by atomic mass is 9.92. The molecule has 4 heteroatoms. The zero-order valence-corrected chi connectivity index (χ0v) is 17.2. The van der Waals surface area contributed by atoms with Gasteiger partial charge >= 0.3 is 0 Å². The molecule has 1 amide bonds. The summed E-state index contributed by atoms with van der Waals surface area (Å²) in [5.74, 6) is 0.420. The fourth-order valence-corrected chi connectivity index (χ4v) is 3.50. The average Bonchev–Trinajstić information content (AvgIpc) is 2.59. The van der Waals surface area contributed by atoms with E-state index in [4.69, 9.17) is 23.2 Å². The summed E-state index contributed by atoms with van der Waals surface area (Å²) in [5, 5.41) is 1.39. The van der Waals surface area contributed by atoms with Crippen LogP contribution in [-0.2, 0) is 11.3 Å². The Morgan fingerprint density at radius 2 is 1.73 bits per heavy atom. The molecule has 0 saturated carbocycles. The van der Waals surface area contributed by atoms with Crippen LogP contribution in [0.1, 0.15) is 50.7 Å². The van der Waals surface area contributed by atoms with Crippen molar-refractivity contribution in [2.75, 3.05) is 6.54 Å². The van der Waals surface area contributed by atoms with Gasteiger partial charge in [-0.1, -0.05) is 74.7 Å². The van der Waals surface area contributed by atoms with E-state index in [0.717, 1.165) is 30.5 Å². The summed E-state index contributed by atoms with van der Waals surface area (Å²) in [6, 6.07) is 15.4. The zero-order valence-electron chi connectivity index (χ0n) is 15.7. The van der Waals surface area contributed by atoms with Crippen LogP contribution in [0.25, 0.3) is 0 Å². The lowest BCUT2D eigenvalue weighted by Gasteiger charge is -2.29. The average molecular weight is 392 g/mol. The largest absolute Gasteiger partial charge is 0.338 e. The molecule has 2 nitrogen and oxygen atoms in total. The summed E-state index contributed by atoms with van der Waals surface area (Å²) in [6.07, 6.45) is 1.77. The molecular formula is C22H27Cl2NO. The molecule has 0 aliphatic rings. The minimum Gasteiger partial charge on any atom is -0.338 e. The lowest BCUT2D eigenvalue weighted by Crippen LogP contribution is -2.37. The molecule has 0 N–H and O–H groups in total. The van der Waals surface area contributed by atoms with Gasteiger partial charge in [0.1, 0.15) is 0 Å². The van der Waals surface area contributed by atoms with Crippen LogP contribution in [0.15, 0.2) is 48.5 Å². The third-order valence-electron chi connectivity index (χ3n) is 4.31. The van der Waals surface area contributed by atoms with Crippen LogP contribution < -0.4 is 0 Å². The summed E-state index contributed by atoms with van der Waals surface area (Å²) in [5.41, 5.74) is 2.08. The van der Waals surface area contributed by atoms with Crippen LogP contribution in [0.5, 0.6) is 0 Å². The molecule has 0 heterocycles. The molecule has 26 heavy (non-hydrogen) atoms. The second kappa shape index (κ2) is 9.99. The van der Waals surface area contributed by atoms with Crippen LogP contribution in [0.3, 0.4) is 0 Å². The summed E-state index contributed by atoms with van der Waals surface area (Å²) in [4.78, 5) is 15.4. The molecule has 0 saturated heterocycles. The van der Waals surface area contributed by atoms with Gasteiger partial charge in [-0.15, -0.1) is 0 Å². The normalized spacial score (nSPS) is 12.2. The van der Waals surface area contributed by atoms with Gasteiger partial charge in [-0.2, -0.15) is 0 Å². The van der Waals surface area contributed by atoms with Gasteiger partial charge in [0.2, 0.25) is 5.91 Å². The molecule has 2 rings (SSSR count). The van der Waals surface area contributed by atoms with Crippen molar-refractivity contribution in [2.24, 2.45) is 5.92 Å². The van der Waals surface area contributed by atoms with Crippen molar-refractivity contribution in [1.29, 1.82) is 0 Å². The lowest BCUT2D eigenvalue weighted by molar-refractivity contribution is -0.134. The Morgan fingerprint density at radius 1 is 1.04 bits per heavy atom. The molecule has 0 aliphatic heterocycles. The number of hydrogen-bond donors (Lipinski definition) is 0. The number of hydrogen-bond acceptors (Lipinski definition) is 1. The van der Waals surface area contributed by atoms with Crippen molar-refractivity contribution in [2.45, 2.75) is 46.1 Å². The summed E-state index contributed by atoms with van der Waals surface area (Å²) >= 11 is 12.1. The molecular weight excluding hydrogens is 365 g/mol. The first-order valence-corrected chi connectivity index (χ1v) is 9.95. The van der Waals surface area contributed by atoms with Crippen molar-refractivity contribution in [3.63, 3.8) is 0 Å². The van der Waals surface area contributed by atoms with E-state index in [0.29, 0.717) is 22.5 Å². The van der Waals surface area contributed by atoms with E-state index < -0.39 is 0 Å². The first-order chi connectivity index (χ1) is 12.4. The maximum absolute atomic E-state index is 13.4. The van der Waals surface area contributed by atoms with E-state index in [2.05, 4.69) is 20.8 Å². The van der Waals surface area contributed by atoms with Crippen molar-refractivity contribution < 1.29 is 4.79 Å². The standard InChI is InChI=1S/C22H27Cl2NO/c1-4-6-21(18-9-11-19(23)12-10-18)22(26)25(14-16(2)3)15-17-7-5-8-20(24)13-17/h5,7-13,16,21H,4,6,14-15H2,1-3H3. The third kappa shape index (κ3) is 6.03. The minimum absolute atomic E-state index is 0.143. The quantitative estimate of drug-likeness (QED) is 0.498. The van der Waals surface area contributed by atoms with Gasteiger partial charge in [-0.05, 0) is 47.7 Å². The van der Waals surface area contributed by atoms with Gasteiger partial charge in [0.15, 0.2) is 0 Å². The van der Waals surface area contributed by atoms with Crippen molar-refractivity contribution in [1.82, 2.24) is 4.90 Å². The maximum Gasteiger partial charge on any atom is 0.230 e. The van der Waals surface area contributed by atoms with E-state index in [9.17, 15) is 4.79 Å². The minimum atomic E-state index is -0.143. The molecule has 0 aliphatic carbocycles. The van der Waals surface area contributed by atoms with Crippen LogP contribution in [0, 0.1) is 5.92 Å². The highest BCUT2D eigenvalue weighted by Crippen LogP contribution is 2.27. The fraction of sp³-hybridized carbons (Fsp3) is 0.409. The molecule has 2 aromatic rings. The molecule has 0 fully saturated rings. The Balaban J connectivity index is 2.27. The van der Waals surface area contributed by atoms with Gasteiger partial charge in [0.25, 0.3) is 0 Å². The first-order valence-electron chi connectivity index (χ1n) is 9.19. The van der Waals surface area contributed by atoms with Crippen LogP contribution in [0.2, 0.25) is 10.0 Å². The highest BCUT2D eigenvalue weighted by molar-refractivity contribution is 6.30. The molecule has 140 valence electrons. The SMILES string of the molecule is CCCC(C(=O)N(Cc1cccc(Cl)c1)CC(C)C)c1ccc(Cl)cc1. The van der Waals surface area contributed by atoms with E-state index in [1.54, 1.807) is 0 Å². The smallest absolute Gasteiger partial charge is 0.230 e. The van der Waals surface area contributed by atoms with Gasteiger partial charge in [0.05, 0.1) is 5.92 Å². The molecule has 0 spiro atoms. The third-order valence-corrected chi connectivity index (χ3v) is 4.79. The Bertz CT molecular complexity index is 712. The molecule has 0 radical (unpaired) electrons. The molecule has 2 aromatic carbocycles. The maximum atomic E-state index is 13.4. The zero-order chi connectivity index (χ0) is 19.1. The Kier molecular flexibility index (Phi) is 7.99. The Hall–Kier alpha value is -1.51. The van der Waals surface area contributed by atoms with Gasteiger partial charge in [-0.25, -0.2) is 0 Å². The van der Waals surface area contributed by atoms with Gasteiger partial charge in [-0.3, -0.25) is 4.79 Å². The summed E-state index contributed by atoms with van der Waals surface area (Å²) in [7, 11) is 0. The van der Waals surface area contributed by atoms with Gasteiger partial charge < -0.3 is 4.90 Å². The Morgan fingerprint density at radius 3 is 2.31 bits per heavy atom. The number of amides is 1. The predicted molar refractivity (Wildman–Crippen MR) is 111 cm³/mol. The second-order valence-corrected chi connectivity index (χ2v) is 8.01. The van der Waals surface area contributed by atoms with Crippen LogP contribution >= 0.6 is 23.2 Å². The van der Waals surface area contributed by atoms with E-state index in [-0.39, 0.29) is 11.8 Å². The number of nitrogens with zero attached hydrogens (tertiary/aromatic N) is 1. The molecule has 0 bridgehead atoms. The van der Waals surface area contributed by atoms with Crippen LogP contribution in [0.4, 0.5) is 0 Å². The van der Waals surface area contributed by atoms with Gasteiger partial charge in [0, 0.05) is 23.1 Å². The number of benzene rings is 2. The number of carbonyl (C=O) groups excluding carboxylic acids is 1. The van der Waals surface area contributed by atoms with E-state index in [1.165, 1.54) is 0 Å². The fourth-order valence-electron chi connectivity index (χ4n) is 3.17. The number of halogens is 2. The number of carbonyl (C=O) groups is 1. The number of rotatable bonds is 8. The second-order valence-electron chi connectivity index (χ2n) is 7.14. The van der Waals surface area contributed by atoms with Crippen molar-refractivity contribution in [3.05, 3.63) is 69.7 Å². The Labute approximate surface area is 167 Å². The van der Waals surface area contributed by atoms with E-state index >= 15 is 0 Å².